The van der Waals surface area contributed by atoms with Gasteiger partial charge >= 0.3 is 5.97 Å². The van der Waals surface area contributed by atoms with E-state index < -0.39 is 11.9 Å². The Morgan fingerprint density at radius 1 is 1.39 bits per heavy atom. The molecular weight excluding hydrogens is 314 g/mol. The van der Waals surface area contributed by atoms with Gasteiger partial charge in [0.25, 0.3) is 0 Å². The Balaban J connectivity index is 2.07. The molecular formula is C17H18ClN3O2. The number of hydrogen-bond acceptors (Lipinski definition) is 3. The van der Waals surface area contributed by atoms with Crippen LogP contribution in [0, 0.1) is 5.92 Å². The smallest absolute Gasteiger partial charge is 0.311 e. The van der Waals surface area contributed by atoms with Crippen LogP contribution in [0.25, 0.3) is 0 Å². The van der Waals surface area contributed by atoms with E-state index in [0.29, 0.717) is 35.3 Å². The minimum Gasteiger partial charge on any atom is -0.481 e. The maximum atomic E-state index is 11.7. The molecule has 6 heteroatoms. The quantitative estimate of drug-likeness (QED) is 0.924. The van der Waals surface area contributed by atoms with Gasteiger partial charge in [-0.15, -0.1) is 0 Å². The highest BCUT2D eigenvalue weighted by Crippen LogP contribution is 2.36. The number of rotatable bonds is 4. The Kier molecular flexibility index (Phi) is 4.22. The van der Waals surface area contributed by atoms with Crippen LogP contribution in [0.2, 0.25) is 5.02 Å². The van der Waals surface area contributed by atoms with Crippen molar-refractivity contribution >= 4 is 29.1 Å². The Labute approximate surface area is 139 Å². The molecule has 0 saturated carbocycles. The molecule has 3 rings (SSSR count). The van der Waals surface area contributed by atoms with Gasteiger partial charge in [0.05, 0.1) is 17.8 Å². The van der Waals surface area contributed by atoms with Gasteiger partial charge in [-0.2, -0.15) is 5.10 Å². The highest BCUT2D eigenvalue weighted by molar-refractivity contribution is 6.30. The summed E-state index contributed by atoms with van der Waals surface area (Å²) in [4.78, 5) is 16.4. The molecule has 1 aromatic heterocycles. The van der Waals surface area contributed by atoms with Crippen molar-refractivity contribution in [2.45, 2.75) is 32.7 Å². The maximum absolute atomic E-state index is 11.7. The van der Waals surface area contributed by atoms with Gasteiger partial charge in [0.1, 0.15) is 0 Å². The number of carbonyl (C=O) groups is 1. The van der Waals surface area contributed by atoms with Crippen molar-refractivity contribution in [1.82, 2.24) is 9.78 Å². The Morgan fingerprint density at radius 3 is 2.70 bits per heavy atom. The summed E-state index contributed by atoms with van der Waals surface area (Å²) in [5.41, 5.74) is 2.34. The van der Waals surface area contributed by atoms with E-state index in [2.05, 4.69) is 18.9 Å². The van der Waals surface area contributed by atoms with Gasteiger partial charge in [0, 0.05) is 23.6 Å². The zero-order chi connectivity index (χ0) is 16.6. The van der Waals surface area contributed by atoms with Gasteiger partial charge < -0.3 is 5.11 Å². The van der Waals surface area contributed by atoms with Gasteiger partial charge in [-0.25, -0.2) is 9.67 Å². The molecule has 1 aromatic carbocycles. The van der Waals surface area contributed by atoms with Crippen molar-refractivity contribution in [1.29, 1.82) is 0 Å². The monoisotopic (exact) mass is 331 g/mol. The second kappa shape index (κ2) is 6.16. The minimum atomic E-state index is -0.850. The number of carboxylic acid groups (broad SMARTS) is 1. The van der Waals surface area contributed by atoms with Crippen molar-refractivity contribution in [3.05, 3.63) is 46.6 Å². The molecule has 2 heterocycles. The lowest BCUT2D eigenvalue weighted by molar-refractivity contribution is -0.138. The lowest BCUT2D eigenvalue weighted by Gasteiger charge is -2.20. The topological polar surface area (TPSA) is 67.5 Å². The summed E-state index contributed by atoms with van der Waals surface area (Å²) in [5.74, 6) is -0.411. The van der Waals surface area contributed by atoms with Crippen LogP contribution in [0.5, 0.6) is 0 Å². The molecule has 0 spiro atoms. The molecule has 0 aliphatic carbocycles. The van der Waals surface area contributed by atoms with Gasteiger partial charge in [-0.1, -0.05) is 37.6 Å². The molecule has 0 bridgehead atoms. The van der Waals surface area contributed by atoms with E-state index in [0.717, 1.165) is 11.3 Å². The zero-order valence-electron chi connectivity index (χ0n) is 13.0. The Morgan fingerprint density at radius 2 is 2.09 bits per heavy atom. The van der Waals surface area contributed by atoms with Crippen LogP contribution in [0.3, 0.4) is 0 Å². The summed E-state index contributed by atoms with van der Waals surface area (Å²) in [6, 6.07) is 7.31. The first kappa shape index (κ1) is 15.7. The fourth-order valence-corrected chi connectivity index (χ4v) is 2.89. The number of fused-ring (bicyclic) bond motifs is 1. The van der Waals surface area contributed by atoms with Crippen LogP contribution < -0.4 is 0 Å². The zero-order valence-corrected chi connectivity index (χ0v) is 13.8. The predicted molar refractivity (Wildman–Crippen MR) is 89.7 cm³/mol. The molecule has 2 aromatic rings. The molecule has 1 atom stereocenters. The molecule has 120 valence electrons. The normalized spacial score (nSPS) is 17.0. The predicted octanol–water partition coefficient (Wildman–Crippen LogP) is 3.89. The molecule has 0 saturated heterocycles. The van der Waals surface area contributed by atoms with Crippen molar-refractivity contribution in [2.24, 2.45) is 10.9 Å². The second-order valence-electron chi connectivity index (χ2n) is 6.16. The molecule has 23 heavy (non-hydrogen) atoms. The highest BCUT2D eigenvalue weighted by atomic mass is 35.5. The molecule has 1 N–H and O–H groups in total. The minimum absolute atomic E-state index is 0.358. The van der Waals surface area contributed by atoms with E-state index in [1.54, 1.807) is 23.0 Å². The van der Waals surface area contributed by atoms with Crippen LogP contribution in [0.1, 0.15) is 37.3 Å². The van der Waals surface area contributed by atoms with Gasteiger partial charge in [0.2, 0.25) is 0 Å². The van der Waals surface area contributed by atoms with E-state index in [1.807, 2.05) is 12.1 Å². The SMILES string of the molecule is CC(C)Cn1ncc2c1N=C(c1ccc(Cl)cc1)CC2C(=O)O. The van der Waals surface area contributed by atoms with E-state index in [4.69, 9.17) is 16.6 Å². The molecule has 1 aliphatic rings. The third-order valence-corrected chi connectivity index (χ3v) is 4.12. The van der Waals surface area contributed by atoms with E-state index >= 15 is 0 Å². The third-order valence-electron chi connectivity index (χ3n) is 3.87. The number of aliphatic carboxylic acids is 1. The summed E-state index contributed by atoms with van der Waals surface area (Å²) >= 11 is 5.93. The fourth-order valence-electron chi connectivity index (χ4n) is 2.76. The molecule has 0 radical (unpaired) electrons. The highest BCUT2D eigenvalue weighted by Gasteiger charge is 2.32. The van der Waals surface area contributed by atoms with E-state index in [9.17, 15) is 9.90 Å². The molecule has 0 fully saturated rings. The number of aliphatic imine (C=N–C) groups is 1. The summed E-state index contributed by atoms with van der Waals surface area (Å²) in [7, 11) is 0. The van der Waals surface area contributed by atoms with Crippen molar-refractivity contribution in [3.63, 3.8) is 0 Å². The largest absolute Gasteiger partial charge is 0.481 e. The lowest BCUT2D eigenvalue weighted by Crippen LogP contribution is -2.20. The first-order chi connectivity index (χ1) is 11.0. The number of aromatic nitrogens is 2. The molecule has 5 nitrogen and oxygen atoms in total. The van der Waals surface area contributed by atoms with E-state index in [-0.39, 0.29) is 0 Å². The number of carboxylic acids is 1. The van der Waals surface area contributed by atoms with Crippen LogP contribution in [0.15, 0.2) is 35.5 Å². The summed E-state index contributed by atoms with van der Waals surface area (Å²) in [6.07, 6.45) is 2.00. The average molecular weight is 332 g/mol. The third kappa shape index (κ3) is 3.15. The molecule has 1 unspecified atom stereocenters. The first-order valence-electron chi connectivity index (χ1n) is 7.57. The van der Waals surface area contributed by atoms with Gasteiger partial charge in [-0.3, -0.25) is 4.79 Å². The lowest BCUT2D eigenvalue weighted by atomic mass is 9.90. The summed E-state index contributed by atoms with van der Waals surface area (Å²) in [5, 5.41) is 14.6. The standard InChI is InChI=1S/C17H18ClN3O2/c1-10(2)9-21-16-14(8-19-21)13(17(22)23)7-15(20-16)11-3-5-12(18)6-4-11/h3-6,8,10,13H,7,9H2,1-2H3,(H,22,23). The maximum Gasteiger partial charge on any atom is 0.311 e. The number of nitrogens with zero attached hydrogens (tertiary/aromatic N) is 3. The van der Waals surface area contributed by atoms with Crippen molar-refractivity contribution in [2.75, 3.05) is 0 Å². The van der Waals surface area contributed by atoms with Crippen LogP contribution in [-0.4, -0.2) is 26.6 Å². The van der Waals surface area contributed by atoms with Crippen molar-refractivity contribution in [3.8, 4) is 0 Å². The summed E-state index contributed by atoms with van der Waals surface area (Å²) in [6.45, 7) is 4.89. The molecule has 1 aliphatic heterocycles. The van der Waals surface area contributed by atoms with Crippen LogP contribution in [0.4, 0.5) is 5.82 Å². The van der Waals surface area contributed by atoms with Crippen molar-refractivity contribution < 1.29 is 9.90 Å². The molecule has 0 amide bonds. The Bertz CT molecular complexity index is 763. The Hall–Kier alpha value is -2.14. The second-order valence-corrected chi connectivity index (χ2v) is 6.60. The number of benzene rings is 1. The summed E-state index contributed by atoms with van der Waals surface area (Å²) < 4.78 is 1.80. The van der Waals surface area contributed by atoms with Gasteiger partial charge in [-0.05, 0) is 23.6 Å². The number of halogens is 1. The van der Waals surface area contributed by atoms with Crippen LogP contribution in [-0.2, 0) is 11.3 Å². The van der Waals surface area contributed by atoms with Gasteiger partial charge in [0.15, 0.2) is 5.82 Å². The average Bonchev–Trinajstić information content (AvgIpc) is 2.89. The van der Waals surface area contributed by atoms with Crippen LogP contribution >= 0.6 is 11.6 Å². The first-order valence-corrected chi connectivity index (χ1v) is 7.95. The number of hydrogen-bond donors (Lipinski definition) is 1. The fraction of sp³-hybridized carbons (Fsp3) is 0.353. The van der Waals surface area contributed by atoms with E-state index in [1.165, 1.54) is 0 Å².